The minimum Gasteiger partial charge on any atom is -0.478 e. The van der Waals surface area contributed by atoms with Crippen LogP contribution in [0.25, 0.3) is 0 Å². The van der Waals surface area contributed by atoms with Crippen LogP contribution < -0.4 is 11.1 Å². The van der Waals surface area contributed by atoms with Gasteiger partial charge in [-0.15, -0.1) is 0 Å². The van der Waals surface area contributed by atoms with E-state index in [4.69, 9.17) is 10.8 Å². The van der Waals surface area contributed by atoms with Crippen LogP contribution >= 0.6 is 0 Å². The predicted octanol–water partition coefficient (Wildman–Crippen LogP) is 1.92. The van der Waals surface area contributed by atoms with Crippen molar-refractivity contribution in [2.75, 3.05) is 5.32 Å². The lowest BCUT2D eigenvalue weighted by Gasteiger charge is -2.16. The highest BCUT2D eigenvalue weighted by Gasteiger charge is 2.18. The summed E-state index contributed by atoms with van der Waals surface area (Å²) in [6, 6.07) is 2.97. The van der Waals surface area contributed by atoms with Crippen LogP contribution in [-0.2, 0) is 4.79 Å². The SMILES string of the molecule is Cc1cc(NC(=O)C(C)C(C)N)cc(C(=O)O)c1C. The highest BCUT2D eigenvalue weighted by atomic mass is 16.4. The number of rotatable bonds is 4. The second kappa shape index (κ2) is 5.84. The van der Waals surface area contributed by atoms with Crippen LogP contribution in [0.4, 0.5) is 5.69 Å². The molecule has 1 amide bonds. The van der Waals surface area contributed by atoms with Gasteiger partial charge in [0.1, 0.15) is 0 Å². The summed E-state index contributed by atoms with van der Waals surface area (Å²) in [6.07, 6.45) is 0. The number of hydrogen-bond acceptors (Lipinski definition) is 3. The number of carboxylic acid groups (broad SMARTS) is 1. The molecule has 0 spiro atoms. The summed E-state index contributed by atoms with van der Waals surface area (Å²) >= 11 is 0. The average Bonchev–Trinajstić information content (AvgIpc) is 2.31. The van der Waals surface area contributed by atoms with E-state index in [1.165, 1.54) is 6.07 Å². The molecular formula is C14H20N2O3. The van der Waals surface area contributed by atoms with Crippen molar-refractivity contribution in [2.24, 2.45) is 11.7 Å². The molecule has 104 valence electrons. The quantitative estimate of drug-likeness (QED) is 0.774. The number of nitrogens with two attached hydrogens (primary N) is 1. The average molecular weight is 264 g/mol. The Balaban J connectivity index is 3.03. The fourth-order valence-corrected chi connectivity index (χ4v) is 1.65. The minimum absolute atomic E-state index is 0.198. The predicted molar refractivity (Wildman–Crippen MR) is 74.3 cm³/mol. The smallest absolute Gasteiger partial charge is 0.336 e. The van der Waals surface area contributed by atoms with Crippen LogP contribution in [0.5, 0.6) is 0 Å². The molecule has 0 aliphatic carbocycles. The van der Waals surface area contributed by atoms with Crippen molar-refractivity contribution in [3.63, 3.8) is 0 Å². The number of hydrogen-bond donors (Lipinski definition) is 3. The van der Waals surface area contributed by atoms with E-state index in [0.29, 0.717) is 11.3 Å². The van der Waals surface area contributed by atoms with Gasteiger partial charge in [-0.3, -0.25) is 4.79 Å². The Bertz CT molecular complexity index is 510. The molecular weight excluding hydrogens is 244 g/mol. The zero-order chi connectivity index (χ0) is 14.7. The van der Waals surface area contributed by atoms with Gasteiger partial charge in [-0.2, -0.15) is 0 Å². The monoisotopic (exact) mass is 264 g/mol. The van der Waals surface area contributed by atoms with Crippen molar-refractivity contribution in [1.82, 2.24) is 0 Å². The van der Waals surface area contributed by atoms with Gasteiger partial charge >= 0.3 is 5.97 Å². The molecule has 2 unspecified atom stereocenters. The topological polar surface area (TPSA) is 92.4 Å². The van der Waals surface area contributed by atoms with E-state index in [9.17, 15) is 9.59 Å². The number of amides is 1. The molecule has 0 aromatic heterocycles. The Morgan fingerprint density at radius 2 is 1.84 bits per heavy atom. The highest BCUT2D eigenvalue weighted by molar-refractivity contribution is 5.96. The summed E-state index contributed by atoms with van der Waals surface area (Å²) in [7, 11) is 0. The fourth-order valence-electron chi connectivity index (χ4n) is 1.65. The second-order valence-electron chi connectivity index (χ2n) is 4.91. The molecule has 0 fully saturated rings. The molecule has 0 saturated carbocycles. The molecule has 5 heteroatoms. The molecule has 0 heterocycles. The van der Waals surface area contributed by atoms with Crippen LogP contribution in [0.1, 0.15) is 35.3 Å². The van der Waals surface area contributed by atoms with E-state index in [2.05, 4.69) is 5.32 Å². The Hall–Kier alpha value is -1.88. The molecule has 0 saturated heterocycles. The van der Waals surface area contributed by atoms with E-state index in [-0.39, 0.29) is 23.4 Å². The first-order valence-electron chi connectivity index (χ1n) is 6.15. The molecule has 0 bridgehead atoms. The third-order valence-electron chi connectivity index (χ3n) is 3.37. The number of nitrogens with one attached hydrogen (secondary N) is 1. The maximum atomic E-state index is 11.9. The van der Waals surface area contributed by atoms with Gasteiger partial charge in [0, 0.05) is 11.7 Å². The normalized spacial score (nSPS) is 13.7. The van der Waals surface area contributed by atoms with Crippen molar-refractivity contribution in [3.05, 3.63) is 28.8 Å². The summed E-state index contributed by atoms with van der Waals surface area (Å²) in [5, 5.41) is 11.8. The molecule has 1 aromatic carbocycles. The van der Waals surface area contributed by atoms with Crippen molar-refractivity contribution in [1.29, 1.82) is 0 Å². The molecule has 0 aliphatic rings. The summed E-state index contributed by atoms with van der Waals surface area (Å²) in [5.74, 6) is -1.55. The first kappa shape index (κ1) is 15.2. The molecule has 0 radical (unpaired) electrons. The van der Waals surface area contributed by atoms with Crippen LogP contribution in [-0.4, -0.2) is 23.0 Å². The summed E-state index contributed by atoms with van der Waals surface area (Å²) in [4.78, 5) is 23.0. The van der Waals surface area contributed by atoms with E-state index < -0.39 is 5.97 Å². The van der Waals surface area contributed by atoms with E-state index in [0.717, 1.165) is 5.56 Å². The Kier molecular flexibility index (Phi) is 4.67. The third kappa shape index (κ3) is 3.54. The lowest BCUT2D eigenvalue weighted by atomic mass is 10.0. The molecule has 5 nitrogen and oxygen atoms in total. The van der Waals surface area contributed by atoms with Crippen molar-refractivity contribution in [2.45, 2.75) is 33.7 Å². The van der Waals surface area contributed by atoms with Gasteiger partial charge in [0.05, 0.1) is 11.5 Å². The molecule has 2 atom stereocenters. The van der Waals surface area contributed by atoms with E-state index >= 15 is 0 Å². The fraction of sp³-hybridized carbons (Fsp3) is 0.429. The maximum Gasteiger partial charge on any atom is 0.336 e. The second-order valence-corrected chi connectivity index (χ2v) is 4.91. The van der Waals surface area contributed by atoms with Crippen molar-refractivity contribution >= 4 is 17.6 Å². The maximum absolute atomic E-state index is 11.9. The zero-order valence-corrected chi connectivity index (χ0v) is 11.7. The van der Waals surface area contributed by atoms with Gasteiger partial charge < -0.3 is 16.2 Å². The zero-order valence-electron chi connectivity index (χ0n) is 11.7. The number of carboxylic acids is 1. The Morgan fingerprint density at radius 3 is 2.32 bits per heavy atom. The van der Waals surface area contributed by atoms with Gasteiger partial charge in [-0.1, -0.05) is 6.92 Å². The van der Waals surface area contributed by atoms with Crippen molar-refractivity contribution < 1.29 is 14.7 Å². The number of carbonyl (C=O) groups excluding carboxylic acids is 1. The van der Waals surface area contributed by atoms with Gasteiger partial charge in [0.2, 0.25) is 5.91 Å². The summed E-state index contributed by atoms with van der Waals surface area (Å²) in [5.41, 5.74) is 7.87. The summed E-state index contributed by atoms with van der Waals surface area (Å²) in [6.45, 7) is 7.05. The van der Waals surface area contributed by atoms with Gasteiger partial charge in [0.15, 0.2) is 0 Å². The van der Waals surface area contributed by atoms with Gasteiger partial charge in [0.25, 0.3) is 0 Å². The summed E-state index contributed by atoms with van der Waals surface area (Å²) < 4.78 is 0. The molecule has 4 N–H and O–H groups in total. The lowest BCUT2D eigenvalue weighted by Crippen LogP contribution is -2.34. The van der Waals surface area contributed by atoms with Crippen LogP contribution in [0, 0.1) is 19.8 Å². The Morgan fingerprint density at radius 1 is 1.26 bits per heavy atom. The third-order valence-corrected chi connectivity index (χ3v) is 3.37. The number of carbonyl (C=O) groups is 2. The molecule has 0 aliphatic heterocycles. The lowest BCUT2D eigenvalue weighted by molar-refractivity contribution is -0.119. The van der Waals surface area contributed by atoms with Crippen LogP contribution in [0.2, 0.25) is 0 Å². The first-order valence-corrected chi connectivity index (χ1v) is 6.15. The van der Waals surface area contributed by atoms with Gasteiger partial charge in [-0.05, 0) is 44.0 Å². The van der Waals surface area contributed by atoms with E-state index in [1.807, 2.05) is 6.92 Å². The van der Waals surface area contributed by atoms with Crippen LogP contribution in [0.15, 0.2) is 12.1 Å². The van der Waals surface area contributed by atoms with Crippen LogP contribution in [0.3, 0.4) is 0 Å². The minimum atomic E-state index is -1.00. The standard InChI is InChI=1S/C14H20N2O3/c1-7-5-11(6-12(8(7)2)14(18)19)16-13(17)9(3)10(4)15/h5-6,9-10H,15H2,1-4H3,(H,16,17)(H,18,19). The number of aromatic carboxylic acids is 1. The van der Waals surface area contributed by atoms with E-state index in [1.54, 1.807) is 26.8 Å². The number of anilines is 1. The molecule has 19 heavy (non-hydrogen) atoms. The number of benzene rings is 1. The van der Waals surface area contributed by atoms with Crippen molar-refractivity contribution in [3.8, 4) is 0 Å². The highest BCUT2D eigenvalue weighted by Crippen LogP contribution is 2.20. The first-order chi connectivity index (χ1) is 8.73. The number of aryl methyl sites for hydroxylation is 1. The van der Waals surface area contributed by atoms with Gasteiger partial charge in [-0.25, -0.2) is 4.79 Å². The largest absolute Gasteiger partial charge is 0.478 e. The molecule has 1 aromatic rings. The Labute approximate surface area is 112 Å². The molecule has 1 rings (SSSR count).